The molecule has 90 valence electrons. The number of carbonyl (C=O) groups excluding carboxylic acids is 2. The second kappa shape index (κ2) is 5.84. The largest absolute Gasteiger partial charge is 0.485 e. The van der Waals surface area contributed by atoms with Crippen LogP contribution in [0.15, 0.2) is 30.4 Å². The number of hydrogen-bond donors (Lipinski definition) is 0. The number of ether oxygens (including phenoxy) is 2. The zero-order chi connectivity index (χ0) is 12.8. The molecule has 0 radical (unpaired) electrons. The number of rotatable bonds is 5. The maximum Gasteiger partial charge on any atom is 0.308 e. The maximum absolute atomic E-state index is 10.9. The predicted molar refractivity (Wildman–Crippen MR) is 63.4 cm³/mol. The van der Waals surface area contributed by atoms with Crippen LogP contribution in [0.3, 0.4) is 0 Å². The summed E-state index contributed by atoms with van der Waals surface area (Å²) in [5.74, 6) is 0.209. The highest BCUT2D eigenvalue weighted by molar-refractivity contribution is 5.77. The summed E-state index contributed by atoms with van der Waals surface area (Å²) in [4.78, 5) is 21.5. The SMILES string of the molecule is C=C(C)COc1cc(C=O)ccc1OC(C)=O. The third-order valence-corrected chi connectivity index (χ3v) is 1.83. The van der Waals surface area contributed by atoms with Gasteiger partial charge in [-0.25, -0.2) is 0 Å². The average molecular weight is 234 g/mol. The summed E-state index contributed by atoms with van der Waals surface area (Å²) in [6.07, 6.45) is 0.700. The van der Waals surface area contributed by atoms with Crippen LogP contribution in [0, 0.1) is 0 Å². The molecule has 0 N–H and O–H groups in total. The molecule has 0 aromatic heterocycles. The van der Waals surface area contributed by atoms with E-state index in [0.717, 1.165) is 5.57 Å². The molecule has 4 nitrogen and oxygen atoms in total. The quantitative estimate of drug-likeness (QED) is 0.340. The number of carbonyl (C=O) groups is 2. The van der Waals surface area contributed by atoms with Gasteiger partial charge >= 0.3 is 5.97 Å². The van der Waals surface area contributed by atoms with E-state index < -0.39 is 5.97 Å². The Morgan fingerprint density at radius 2 is 2.06 bits per heavy atom. The first-order valence-electron chi connectivity index (χ1n) is 5.07. The van der Waals surface area contributed by atoms with Crippen molar-refractivity contribution in [1.82, 2.24) is 0 Å². The van der Waals surface area contributed by atoms with Gasteiger partial charge < -0.3 is 9.47 Å². The summed E-state index contributed by atoms with van der Waals surface area (Å²) in [6, 6.07) is 4.60. The lowest BCUT2D eigenvalue weighted by molar-refractivity contribution is -0.132. The fourth-order valence-electron chi connectivity index (χ4n) is 1.15. The van der Waals surface area contributed by atoms with Crippen molar-refractivity contribution in [1.29, 1.82) is 0 Å². The molecule has 0 fully saturated rings. The van der Waals surface area contributed by atoms with Gasteiger partial charge in [0.1, 0.15) is 12.9 Å². The molecule has 1 aromatic carbocycles. The first kappa shape index (κ1) is 13.0. The second-order valence-corrected chi connectivity index (χ2v) is 3.66. The zero-order valence-electron chi connectivity index (χ0n) is 9.86. The molecule has 0 bridgehead atoms. The normalized spacial score (nSPS) is 9.53. The Morgan fingerprint density at radius 1 is 1.35 bits per heavy atom. The van der Waals surface area contributed by atoms with Crippen molar-refractivity contribution in [2.45, 2.75) is 13.8 Å². The van der Waals surface area contributed by atoms with Gasteiger partial charge in [-0.15, -0.1) is 0 Å². The molecule has 0 spiro atoms. The Morgan fingerprint density at radius 3 is 2.59 bits per heavy atom. The Balaban J connectivity index is 2.97. The molecule has 1 aromatic rings. The fourth-order valence-corrected chi connectivity index (χ4v) is 1.15. The molecule has 4 heteroatoms. The Labute approximate surface area is 99.8 Å². The van der Waals surface area contributed by atoms with Crippen molar-refractivity contribution in [3.63, 3.8) is 0 Å². The van der Waals surface area contributed by atoms with E-state index in [0.29, 0.717) is 30.0 Å². The summed E-state index contributed by atoms with van der Waals surface area (Å²) in [6.45, 7) is 7.12. The highest BCUT2D eigenvalue weighted by Gasteiger charge is 2.08. The van der Waals surface area contributed by atoms with Crippen LogP contribution >= 0.6 is 0 Å². The first-order valence-corrected chi connectivity index (χ1v) is 5.07. The van der Waals surface area contributed by atoms with E-state index in [2.05, 4.69) is 6.58 Å². The van der Waals surface area contributed by atoms with E-state index in [-0.39, 0.29) is 0 Å². The fraction of sp³-hybridized carbons (Fsp3) is 0.231. The van der Waals surface area contributed by atoms with Gasteiger partial charge in [-0.05, 0) is 30.7 Å². The van der Waals surface area contributed by atoms with E-state index in [1.807, 2.05) is 6.92 Å². The smallest absolute Gasteiger partial charge is 0.308 e. The number of benzene rings is 1. The number of hydrogen-bond acceptors (Lipinski definition) is 4. The molecule has 0 aliphatic carbocycles. The molecule has 0 saturated heterocycles. The molecular weight excluding hydrogens is 220 g/mol. The molecule has 0 amide bonds. The first-order chi connectivity index (χ1) is 8.02. The molecule has 17 heavy (non-hydrogen) atoms. The van der Waals surface area contributed by atoms with E-state index in [4.69, 9.17) is 9.47 Å². The van der Waals surface area contributed by atoms with E-state index in [1.165, 1.54) is 19.1 Å². The van der Waals surface area contributed by atoms with E-state index in [1.54, 1.807) is 6.07 Å². The third-order valence-electron chi connectivity index (χ3n) is 1.83. The Bertz CT molecular complexity index is 449. The Kier molecular flexibility index (Phi) is 4.46. The molecule has 0 unspecified atom stereocenters. The number of esters is 1. The van der Waals surface area contributed by atoms with Crippen LogP contribution in [0.5, 0.6) is 11.5 Å². The van der Waals surface area contributed by atoms with Crippen LogP contribution in [0.4, 0.5) is 0 Å². The predicted octanol–water partition coefficient (Wildman–Crippen LogP) is 2.38. The van der Waals surface area contributed by atoms with Gasteiger partial charge in [-0.1, -0.05) is 6.58 Å². The van der Waals surface area contributed by atoms with Crippen LogP contribution < -0.4 is 9.47 Å². The molecular formula is C13H14O4. The van der Waals surface area contributed by atoms with Crippen molar-refractivity contribution in [2.75, 3.05) is 6.61 Å². The summed E-state index contributed by atoms with van der Waals surface area (Å²) in [5.41, 5.74) is 1.29. The van der Waals surface area contributed by atoms with Gasteiger partial charge in [0, 0.05) is 12.5 Å². The van der Waals surface area contributed by atoms with Crippen LogP contribution in [-0.2, 0) is 4.79 Å². The van der Waals surface area contributed by atoms with E-state index in [9.17, 15) is 9.59 Å². The van der Waals surface area contributed by atoms with Crippen molar-refractivity contribution < 1.29 is 19.1 Å². The minimum Gasteiger partial charge on any atom is -0.485 e. The summed E-state index contributed by atoms with van der Waals surface area (Å²) >= 11 is 0. The molecule has 0 aliphatic heterocycles. The lowest BCUT2D eigenvalue weighted by Gasteiger charge is -2.11. The van der Waals surface area contributed by atoms with Crippen molar-refractivity contribution in [2.24, 2.45) is 0 Å². The van der Waals surface area contributed by atoms with Crippen molar-refractivity contribution >= 4 is 12.3 Å². The van der Waals surface area contributed by atoms with Gasteiger partial charge in [-0.2, -0.15) is 0 Å². The molecule has 0 saturated carbocycles. The van der Waals surface area contributed by atoms with Crippen LogP contribution in [0.2, 0.25) is 0 Å². The average Bonchev–Trinajstić information content (AvgIpc) is 2.27. The van der Waals surface area contributed by atoms with Crippen LogP contribution in [0.25, 0.3) is 0 Å². The van der Waals surface area contributed by atoms with Crippen molar-refractivity contribution in [3.05, 3.63) is 35.9 Å². The molecule has 0 aliphatic rings. The molecule has 0 atom stereocenters. The topological polar surface area (TPSA) is 52.6 Å². The van der Waals surface area contributed by atoms with E-state index >= 15 is 0 Å². The van der Waals surface area contributed by atoms with Crippen molar-refractivity contribution in [3.8, 4) is 11.5 Å². The molecule has 1 rings (SSSR count). The summed E-state index contributed by atoms with van der Waals surface area (Å²) in [5, 5.41) is 0. The zero-order valence-corrected chi connectivity index (χ0v) is 9.86. The second-order valence-electron chi connectivity index (χ2n) is 3.66. The summed E-state index contributed by atoms with van der Waals surface area (Å²) < 4.78 is 10.4. The lowest BCUT2D eigenvalue weighted by Crippen LogP contribution is -2.05. The minimum absolute atomic E-state index is 0.296. The monoisotopic (exact) mass is 234 g/mol. The van der Waals surface area contributed by atoms with Gasteiger partial charge in [0.05, 0.1) is 0 Å². The van der Waals surface area contributed by atoms with Crippen LogP contribution in [-0.4, -0.2) is 18.9 Å². The summed E-state index contributed by atoms with van der Waals surface area (Å²) in [7, 11) is 0. The van der Waals surface area contributed by atoms with Gasteiger partial charge in [-0.3, -0.25) is 9.59 Å². The third kappa shape index (κ3) is 4.10. The minimum atomic E-state index is -0.441. The Hall–Kier alpha value is -2.10. The lowest BCUT2D eigenvalue weighted by atomic mass is 10.2. The highest BCUT2D eigenvalue weighted by atomic mass is 16.6. The van der Waals surface area contributed by atoms with Crippen LogP contribution in [0.1, 0.15) is 24.2 Å². The number of aldehydes is 1. The standard InChI is InChI=1S/C13H14O4/c1-9(2)8-16-13-6-11(7-14)4-5-12(13)17-10(3)15/h4-7H,1,8H2,2-3H3. The molecule has 0 heterocycles. The maximum atomic E-state index is 10.9. The van der Waals surface area contributed by atoms with Gasteiger partial charge in [0.15, 0.2) is 11.5 Å². The van der Waals surface area contributed by atoms with Gasteiger partial charge in [0.2, 0.25) is 0 Å². The van der Waals surface area contributed by atoms with Gasteiger partial charge in [0.25, 0.3) is 0 Å². The highest BCUT2D eigenvalue weighted by Crippen LogP contribution is 2.28.